The second-order valence-corrected chi connectivity index (χ2v) is 9.22. The fourth-order valence-electron chi connectivity index (χ4n) is 4.13. The van der Waals surface area contributed by atoms with Gasteiger partial charge < -0.3 is 14.4 Å². The Labute approximate surface area is 186 Å². The fourth-order valence-corrected chi connectivity index (χ4v) is 5.49. The summed E-state index contributed by atoms with van der Waals surface area (Å²) in [5, 5.41) is 1.04. The minimum Gasteiger partial charge on any atom is -0.368 e. The second-order valence-electron chi connectivity index (χ2n) is 7.55. The molecule has 4 rings (SSSR count). The van der Waals surface area contributed by atoms with Gasteiger partial charge in [-0.05, 0) is 33.0 Å². The largest absolute Gasteiger partial charge is 0.368 e. The van der Waals surface area contributed by atoms with Gasteiger partial charge >= 0.3 is 0 Å². The van der Waals surface area contributed by atoms with E-state index in [2.05, 4.69) is 22.9 Å². The average Bonchev–Trinajstić information content (AvgIpc) is 3.02. The van der Waals surface area contributed by atoms with E-state index in [0.29, 0.717) is 27.9 Å². The molecule has 2 aromatic rings. The van der Waals surface area contributed by atoms with Gasteiger partial charge in [0.25, 0.3) is 11.5 Å². The number of rotatable bonds is 4. The first-order valence-corrected chi connectivity index (χ1v) is 11.5. The lowest BCUT2D eigenvalue weighted by Gasteiger charge is -2.35. The summed E-state index contributed by atoms with van der Waals surface area (Å²) < 4.78 is 2.34. The van der Waals surface area contributed by atoms with Crippen molar-refractivity contribution in [2.75, 3.05) is 44.7 Å². The molecule has 2 aliphatic rings. The van der Waals surface area contributed by atoms with Crippen LogP contribution in [0.1, 0.15) is 19.4 Å². The van der Waals surface area contributed by atoms with E-state index >= 15 is 0 Å². The minimum atomic E-state index is -0.118. The number of hydrogen-bond donors (Lipinski definition) is 0. The van der Waals surface area contributed by atoms with Crippen LogP contribution in [0.15, 0.2) is 34.0 Å². The van der Waals surface area contributed by atoms with E-state index in [9.17, 15) is 9.59 Å². The van der Waals surface area contributed by atoms with Crippen molar-refractivity contribution in [3.63, 3.8) is 0 Å². The van der Waals surface area contributed by atoms with Crippen LogP contribution in [0.2, 0.25) is 0 Å². The van der Waals surface area contributed by atoms with E-state index in [1.165, 1.54) is 11.8 Å². The van der Waals surface area contributed by atoms with Crippen LogP contribution in [-0.4, -0.2) is 64.4 Å². The van der Waals surface area contributed by atoms with Gasteiger partial charge in [0.1, 0.15) is 4.32 Å². The van der Waals surface area contributed by atoms with Crippen molar-refractivity contribution in [1.82, 2.24) is 14.4 Å². The smallest absolute Gasteiger partial charge is 0.266 e. The molecule has 8 heteroatoms. The maximum absolute atomic E-state index is 13.6. The van der Waals surface area contributed by atoms with Crippen molar-refractivity contribution in [2.24, 2.45) is 0 Å². The first kappa shape index (κ1) is 21.1. The number of amides is 1. The summed E-state index contributed by atoms with van der Waals surface area (Å²) in [7, 11) is 2.11. The predicted molar refractivity (Wildman–Crippen MR) is 129 cm³/mol. The number of anilines is 1. The lowest BCUT2D eigenvalue weighted by molar-refractivity contribution is -0.121. The molecule has 0 saturated carbocycles. The van der Waals surface area contributed by atoms with Gasteiger partial charge in [-0.1, -0.05) is 42.2 Å². The number of carbonyl (C=O) groups excluding carboxylic acids is 1. The molecule has 0 bridgehead atoms. The Hall–Kier alpha value is -2.16. The molecule has 6 nitrogen and oxygen atoms in total. The number of nitrogens with zero attached hydrogens (tertiary/aromatic N) is 4. The van der Waals surface area contributed by atoms with Gasteiger partial charge in [-0.25, -0.2) is 0 Å². The van der Waals surface area contributed by atoms with Gasteiger partial charge in [0.2, 0.25) is 0 Å². The topological polar surface area (TPSA) is 48.8 Å². The van der Waals surface area contributed by atoms with Gasteiger partial charge in [-0.15, -0.1) is 0 Å². The highest BCUT2D eigenvalue weighted by Crippen LogP contribution is 2.36. The highest BCUT2D eigenvalue weighted by atomic mass is 32.2. The summed E-state index contributed by atoms with van der Waals surface area (Å²) in [4.78, 5) is 33.1. The number of thioether (sulfide) groups is 1. The van der Waals surface area contributed by atoms with E-state index in [4.69, 9.17) is 12.2 Å². The zero-order chi connectivity index (χ0) is 21.4. The van der Waals surface area contributed by atoms with Crippen molar-refractivity contribution in [2.45, 2.75) is 20.4 Å². The van der Waals surface area contributed by atoms with Crippen molar-refractivity contribution >= 4 is 56.9 Å². The third-order valence-electron chi connectivity index (χ3n) is 5.78. The van der Waals surface area contributed by atoms with Gasteiger partial charge in [-0.2, -0.15) is 0 Å². The van der Waals surface area contributed by atoms with Gasteiger partial charge in [0, 0.05) is 44.7 Å². The number of thiocarbonyl (C=S) groups is 1. The summed E-state index contributed by atoms with van der Waals surface area (Å²) in [5.41, 5.74) is 2.37. The zero-order valence-corrected chi connectivity index (χ0v) is 19.2. The summed E-state index contributed by atoms with van der Waals surface area (Å²) in [6.45, 7) is 8.53. The maximum Gasteiger partial charge on any atom is 0.266 e. The third-order valence-corrected chi connectivity index (χ3v) is 7.16. The molecule has 1 aromatic carbocycles. The van der Waals surface area contributed by atoms with Gasteiger partial charge in [0.05, 0.1) is 21.7 Å². The zero-order valence-electron chi connectivity index (χ0n) is 17.6. The highest BCUT2D eigenvalue weighted by Gasteiger charge is 2.32. The summed E-state index contributed by atoms with van der Waals surface area (Å²) >= 11 is 6.65. The molecular weight excluding hydrogens is 416 g/mol. The number of likely N-dealkylation sites (N-methyl/N-ethyl adjacent to an activating group) is 2. The average molecular weight is 443 g/mol. The van der Waals surface area contributed by atoms with Crippen LogP contribution >= 0.6 is 24.0 Å². The van der Waals surface area contributed by atoms with E-state index < -0.39 is 0 Å². The maximum atomic E-state index is 13.6. The predicted octanol–water partition coefficient (Wildman–Crippen LogP) is 2.99. The molecule has 0 radical (unpaired) electrons. The number of aryl methyl sites for hydroxylation is 1. The Morgan fingerprint density at radius 2 is 1.77 bits per heavy atom. The first-order valence-electron chi connectivity index (χ1n) is 10.3. The van der Waals surface area contributed by atoms with Crippen LogP contribution in [0, 0.1) is 0 Å². The van der Waals surface area contributed by atoms with Gasteiger partial charge in [-0.3, -0.25) is 14.5 Å². The van der Waals surface area contributed by atoms with Crippen LogP contribution in [0.25, 0.3) is 17.0 Å². The molecule has 3 heterocycles. The molecule has 0 spiro atoms. The van der Waals surface area contributed by atoms with Crippen LogP contribution in [0.3, 0.4) is 0 Å². The Morgan fingerprint density at radius 1 is 1.07 bits per heavy atom. The van der Waals surface area contributed by atoms with Crippen molar-refractivity contribution in [3.8, 4) is 0 Å². The summed E-state index contributed by atoms with van der Waals surface area (Å²) in [6.07, 6.45) is 1.77. The molecule has 0 N–H and O–H groups in total. The number of benzene rings is 1. The SMILES string of the molecule is CCN1C(=O)C(=Cc2c(N3CCN(C)CC3)c3ccccc3n(CC)c2=O)SC1=S. The Morgan fingerprint density at radius 3 is 2.40 bits per heavy atom. The molecule has 0 aliphatic carbocycles. The Balaban J connectivity index is 1.96. The fraction of sp³-hybridized carbons (Fsp3) is 0.409. The van der Waals surface area contributed by atoms with E-state index in [1.807, 2.05) is 32.0 Å². The van der Waals surface area contributed by atoms with Crippen LogP contribution in [-0.2, 0) is 11.3 Å². The lowest BCUT2D eigenvalue weighted by Crippen LogP contribution is -2.45. The number of para-hydroxylation sites is 1. The number of hydrogen-bond acceptors (Lipinski definition) is 6. The summed E-state index contributed by atoms with van der Waals surface area (Å²) in [6, 6.07) is 8.05. The van der Waals surface area contributed by atoms with Crippen molar-refractivity contribution in [1.29, 1.82) is 0 Å². The molecule has 2 saturated heterocycles. The molecule has 2 fully saturated rings. The van der Waals surface area contributed by atoms with E-state index in [0.717, 1.165) is 42.8 Å². The Kier molecular flexibility index (Phi) is 5.99. The lowest BCUT2D eigenvalue weighted by atomic mass is 10.1. The number of fused-ring (bicyclic) bond motifs is 1. The number of piperazine rings is 1. The molecule has 0 atom stereocenters. The first-order chi connectivity index (χ1) is 14.5. The minimum absolute atomic E-state index is 0.0631. The molecule has 0 unspecified atom stereocenters. The second kappa shape index (κ2) is 8.53. The standard InChI is InChI=1S/C22H26N4O2S2/c1-4-25-17-9-7-6-8-15(17)19(24-12-10-23(3)11-13-24)16(20(25)27)14-18-21(28)26(5-2)22(29)30-18/h6-9,14H,4-5,10-13H2,1-3H3. The third kappa shape index (κ3) is 3.57. The highest BCUT2D eigenvalue weighted by molar-refractivity contribution is 8.26. The van der Waals surface area contributed by atoms with Crippen LogP contribution in [0.4, 0.5) is 5.69 Å². The molecule has 30 heavy (non-hydrogen) atoms. The molecule has 1 amide bonds. The van der Waals surface area contributed by atoms with Crippen molar-refractivity contribution in [3.05, 3.63) is 45.1 Å². The Bertz CT molecular complexity index is 1100. The molecular formula is C22H26N4O2S2. The van der Waals surface area contributed by atoms with Crippen LogP contribution < -0.4 is 10.5 Å². The van der Waals surface area contributed by atoms with E-state index in [-0.39, 0.29) is 11.5 Å². The summed E-state index contributed by atoms with van der Waals surface area (Å²) in [5.74, 6) is -0.118. The number of carbonyl (C=O) groups is 1. The number of aromatic nitrogens is 1. The quantitative estimate of drug-likeness (QED) is 0.536. The number of pyridine rings is 1. The van der Waals surface area contributed by atoms with Gasteiger partial charge in [0.15, 0.2) is 0 Å². The monoisotopic (exact) mass is 442 g/mol. The molecule has 1 aromatic heterocycles. The molecule has 158 valence electrons. The normalized spacial score (nSPS) is 19.5. The van der Waals surface area contributed by atoms with Crippen LogP contribution in [0.5, 0.6) is 0 Å². The van der Waals surface area contributed by atoms with E-state index in [1.54, 1.807) is 15.5 Å². The van der Waals surface area contributed by atoms with Crippen molar-refractivity contribution < 1.29 is 4.79 Å². The molecule has 2 aliphatic heterocycles.